The van der Waals surface area contributed by atoms with E-state index in [0.717, 1.165) is 11.3 Å². The minimum absolute atomic E-state index is 0.0945. The average molecular weight is 321 g/mol. The Morgan fingerprint density at radius 2 is 2.00 bits per heavy atom. The van der Waals surface area contributed by atoms with E-state index in [1.54, 1.807) is 0 Å². The molecule has 5 nitrogen and oxygen atoms in total. The van der Waals surface area contributed by atoms with Gasteiger partial charge in [-0.15, -0.1) is 0 Å². The number of rotatable bonds is 9. The first kappa shape index (κ1) is 19.0. The second kappa shape index (κ2) is 9.18. The first-order chi connectivity index (χ1) is 10.8. The van der Waals surface area contributed by atoms with Gasteiger partial charge in [0.1, 0.15) is 11.8 Å². The molecule has 0 radical (unpaired) electrons. The summed E-state index contributed by atoms with van der Waals surface area (Å²) in [5.41, 5.74) is 2.25. The quantitative estimate of drug-likeness (QED) is 0.685. The molecule has 2 N–H and O–H groups in total. The molecule has 0 bridgehead atoms. The summed E-state index contributed by atoms with van der Waals surface area (Å²) >= 11 is 0. The first-order valence-corrected chi connectivity index (χ1v) is 8.07. The van der Waals surface area contributed by atoms with Crippen LogP contribution in [0.5, 0.6) is 5.75 Å². The molecule has 0 aliphatic carbocycles. The lowest BCUT2D eigenvalue weighted by molar-refractivity contribution is -0.143. The number of hydrogen-bond acceptors (Lipinski definition) is 3. The Bertz CT molecular complexity index is 542. The number of nitrogens with one attached hydrogen (secondary N) is 1. The van der Waals surface area contributed by atoms with E-state index in [2.05, 4.69) is 5.32 Å². The molecule has 5 heteroatoms. The molecule has 0 heterocycles. The summed E-state index contributed by atoms with van der Waals surface area (Å²) in [6, 6.07) is 5.13. The molecule has 1 rings (SSSR count). The van der Waals surface area contributed by atoms with Crippen LogP contribution < -0.4 is 10.1 Å². The van der Waals surface area contributed by atoms with Gasteiger partial charge in [0.15, 0.2) is 0 Å². The van der Waals surface area contributed by atoms with E-state index in [-0.39, 0.29) is 18.2 Å². The summed E-state index contributed by atoms with van der Waals surface area (Å²) in [5, 5.41) is 11.7. The Balaban J connectivity index is 2.37. The number of carboxylic acid groups (broad SMARTS) is 1. The standard InChI is InChI=1S/C18H27NO4/c1-5-13(3)17(18(21)22)19-16(20)7-6-10-23-15-9-8-12(2)11-14(15)4/h8-9,11,13,17H,5-7,10H2,1-4H3,(H,19,20)(H,21,22). The number of hydrogen-bond donors (Lipinski definition) is 2. The van der Waals surface area contributed by atoms with Crippen molar-refractivity contribution in [2.75, 3.05) is 6.61 Å². The van der Waals surface area contributed by atoms with Crippen molar-refractivity contribution in [1.29, 1.82) is 0 Å². The highest BCUT2D eigenvalue weighted by Gasteiger charge is 2.24. The number of ether oxygens (including phenoxy) is 1. The lowest BCUT2D eigenvalue weighted by atomic mass is 9.99. The van der Waals surface area contributed by atoms with E-state index >= 15 is 0 Å². The molecule has 2 atom stereocenters. The van der Waals surface area contributed by atoms with Gasteiger partial charge in [0.25, 0.3) is 0 Å². The Morgan fingerprint density at radius 3 is 2.57 bits per heavy atom. The lowest BCUT2D eigenvalue weighted by Crippen LogP contribution is -2.45. The molecule has 0 spiro atoms. The molecule has 0 aliphatic rings. The fraction of sp³-hybridized carbons (Fsp3) is 0.556. The predicted octanol–water partition coefficient (Wildman–Crippen LogP) is 3.08. The number of carboxylic acids is 1. The van der Waals surface area contributed by atoms with Crippen molar-refractivity contribution in [1.82, 2.24) is 5.32 Å². The second-order valence-electron chi connectivity index (χ2n) is 5.99. The Morgan fingerprint density at radius 1 is 1.30 bits per heavy atom. The van der Waals surface area contributed by atoms with Gasteiger partial charge < -0.3 is 15.2 Å². The van der Waals surface area contributed by atoms with Gasteiger partial charge >= 0.3 is 5.97 Å². The minimum Gasteiger partial charge on any atom is -0.493 e. The van der Waals surface area contributed by atoms with Crippen LogP contribution in [0.15, 0.2) is 18.2 Å². The number of carbonyl (C=O) groups is 2. The SMILES string of the molecule is CCC(C)C(NC(=O)CCCOc1ccc(C)cc1C)C(=O)O. The monoisotopic (exact) mass is 321 g/mol. The molecule has 0 aromatic heterocycles. The maximum atomic E-state index is 11.9. The van der Waals surface area contributed by atoms with Crippen molar-refractivity contribution in [2.45, 2.75) is 53.0 Å². The molecular formula is C18H27NO4. The zero-order valence-corrected chi connectivity index (χ0v) is 14.4. The van der Waals surface area contributed by atoms with Crippen LogP contribution in [-0.4, -0.2) is 29.6 Å². The predicted molar refractivity (Wildman–Crippen MR) is 89.7 cm³/mol. The van der Waals surface area contributed by atoms with Crippen LogP contribution in [0, 0.1) is 19.8 Å². The largest absolute Gasteiger partial charge is 0.493 e. The molecule has 0 saturated heterocycles. The van der Waals surface area contributed by atoms with Crippen molar-refractivity contribution < 1.29 is 19.4 Å². The normalized spacial score (nSPS) is 13.2. The topological polar surface area (TPSA) is 75.6 Å². The highest BCUT2D eigenvalue weighted by atomic mass is 16.5. The van der Waals surface area contributed by atoms with E-state index in [0.29, 0.717) is 19.4 Å². The molecule has 0 aliphatic heterocycles. The zero-order chi connectivity index (χ0) is 17.4. The third-order valence-electron chi connectivity index (χ3n) is 3.93. The van der Waals surface area contributed by atoms with E-state index in [9.17, 15) is 9.59 Å². The van der Waals surface area contributed by atoms with E-state index in [4.69, 9.17) is 9.84 Å². The Kier molecular flexibility index (Phi) is 7.59. The highest BCUT2D eigenvalue weighted by Crippen LogP contribution is 2.19. The fourth-order valence-corrected chi connectivity index (χ4v) is 2.30. The first-order valence-electron chi connectivity index (χ1n) is 8.07. The van der Waals surface area contributed by atoms with Crippen LogP contribution >= 0.6 is 0 Å². The Labute approximate surface area is 138 Å². The van der Waals surface area contributed by atoms with Gasteiger partial charge in [-0.1, -0.05) is 38.0 Å². The van der Waals surface area contributed by atoms with Gasteiger partial charge in [-0.2, -0.15) is 0 Å². The van der Waals surface area contributed by atoms with Gasteiger partial charge in [-0.3, -0.25) is 4.79 Å². The van der Waals surface area contributed by atoms with Gasteiger partial charge in [0.2, 0.25) is 5.91 Å². The van der Waals surface area contributed by atoms with E-state index in [1.807, 2.05) is 45.9 Å². The van der Waals surface area contributed by atoms with Gasteiger partial charge in [-0.25, -0.2) is 4.79 Å². The van der Waals surface area contributed by atoms with Crippen LogP contribution in [0.25, 0.3) is 0 Å². The summed E-state index contributed by atoms with van der Waals surface area (Å²) in [5.74, 6) is -0.511. The average Bonchev–Trinajstić information content (AvgIpc) is 2.49. The lowest BCUT2D eigenvalue weighted by Gasteiger charge is -2.20. The van der Waals surface area contributed by atoms with E-state index < -0.39 is 12.0 Å². The molecule has 1 aromatic carbocycles. The summed E-state index contributed by atoms with van der Waals surface area (Å²) < 4.78 is 5.67. The van der Waals surface area contributed by atoms with E-state index in [1.165, 1.54) is 5.56 Å². The van der Waals surface area contributed by atoms with Crippen molar-refractivity contribution >= 4 is 11.9 Å². The second-order valence-corrected chi connectivity index (χ2v) is 5.99. The summed E-state index contributed by atoms with van der Waals surface area (Å²) in [7, 11) is 0. The zero-order valence-electron chi connectivity index (χ0n) is 14.4. The maximum Gasteiger partial charge on any atom is 0.326 e. The van der Waals surface area contributed by atoms with Crippen LogP contribution in [-0.2, 0) is 9.59 Å². The number of amides is 1. The Hall–Kier alpha value is -2.04. The van der Waals surface area contributed by atoms with Crippen LogP contribution in [0.3, 0.4) is 0 Å². The number of aliphatic carboxylic acids is 1. The van der Waals surface area contributed by atoms with Crippen molar-refractivity contribution in [3.8, 4) is 5.75 Å². The summed E-state index contributed by atoms with van der Waals surface area (Å²) in [6.07, 6.45) is 1.50. The third-order valence-corrected chi connectivity index (χ3v) is 3.93. The molecular weight excluding hydrogens is 294 g/mol. The molecule has 2 unspecified atom stereocenters. The van der Waals surface area contributed by atoms with Gasteiger partial charge in [-0.05, 0) is 37.8 Å². The molecule has 128 valence electrons. The van der Waals surface area contributed by atoms with Gasteiger partial charge in [0, 0.05) is 6.42 Å². The summed E-state index contributed by atoms with van der Waals surface area (Å²) in [6.45, 7) is 8.17. The van der Waals surface area contributed by atoms with Gasteiger partial charge in [0.05, 0.1) is 6.61 Å². The molecule has 0 fully saturated rings. The van der Waals surface area contributed by atoms with Crippen molar-refractivity contribution in [2.24, 2.45) is 5.92 Å². The minimum atomic E-state index is -0.987. The molecule has 1 amide bonds. The highest BCUT2D eigenvalue weighted by molar-refractivity contribution is 5.83. The van der Waals surface area contributed by atoms with Crippen LogP contribution in [0.4, 0.5) is 0 Å². The van der Waals surface area contributed by atoms with Crippen molar-refractivity contribution in [3.63, 3.8) is 0 Å². The van der Waals surface area contributed by atoms with Crippen LogP contribution in [0.1, 0.15) is 44.2 Å². The smallest absolute Gasteiger partial charge is 0.326 e. The van der Waals surface area contributed by atoms with Crippen LogP contribution in [0.2, 0.25) is 0 Å². The van der Waals surface area contributed by atoms with Crippen molar-refractivity contribution in [3.05, 3.63) is 29.3 Å². The maximum absolute atomic E-state index is 11.9. The molecule has 1 aromatic rings. The fourth-order valence-electron chi connectivity index (χ4n) is 2.30. The molecule has 23 heavy (non-hydrogen) atoms. The summed E-state index contributed by atoms with van der Waals surface area (Å²) in [4.78, 5) is 23.0. The number of carbonyl (C=O) groups excluding carboxylic acids is 1. The molecule has 0 saturated carbocycles. The number of aryl methyl sites for hydroxylation is 2. The third kappa shape index (κ3) is 6.30. The number of benzene rings is 1.